The fraction of sp³-hybridized carbons (Fsp3) is 0.222. The number of aryl methyl sites for hydroxylation is 2. The van der Waals surface area contributed by atoms with E-state index in [9.17, 15) is 0 Å². The molecule has 72 valence electrons. The Bertz CT molecular complexity index is 464. The molecule has 0 unspecified atom stereocenters. The third-order valence-electron chi connectivity index (χ3n) is 2.01. The van der Waals surface area contributed by atoms with Crippen molar-refractivity contribution < 1.29 is 0 Å². The minimum Gasteiger partial charge on any atom is -0.197 e. The zero-order chi connectivity index (χ0) is 10.1. The molecule has 0 aliphatic carbocycles. The van der Waals surface area contributed by atoms with E-state index in [1.807, 2.05) is 32.0 Å². The standard InChI is InChI=1S/C9H9BrN4/c1-6-5-8(10)3-4-9(6)14-7(2)11-12-13-14/h3-5H,1-2H3. The summed E-state index contributed by atoms with van der Waals surface area (Å²) in [6.07, 6.45) is 0. The first-order valence-electron chi connectivity index (χ1n) is 4.20. The molecule has 0 radical (unpaired) electrons. The molecule has 0 amide bonds. The highest BCUT2D eigenvalue weighted by Crippen LogP contribution is 2.18. The van der Waals surface area contributed by atoms with Crippen molar-refractivity contribution in [2.45, 2.75) is 13.8 Å². The van der Waals surface area contributed by atoms with E-state index in [1.165, 1.54) is 0 Å². The van der Waals surface area contributed by atoms with Gasteiger partial charge in [0.1, 0.15) is 0 Å². The summed E-state index contributed by atoms with van der Waals surface area (Å²) in [5.74, 6) is 0.787. The predicted molar refractivity (Wildman–Crippen MR) is 56.3 cm³/mol. The highest BCUT2D eigenvalue weighted by molar-refractivity contribution is 9.10. The van der Waals surface area contributed by atoms with E-state index in [1.54, 1.807) is 4.68 Å². The molecule has 0 aliphatic heterocycles. The zero-order valence-corrected chi connectivity index (χ0v) is 9.48. The van der Waals surface area contributed by atoms with E-state index in [4.69, 9.17) is 0 Å². The fourth-order valence-corrected chi connectivity index (χ4v) is 1.79. The van der Waals surface area contributed by atoms with E-state index >= 15 is 0 Å². The Hall–Kier alpha value is -1.23. The van der Waals surface area contributed by atoms with Crippen LogP contribution in [-0.4, -0.2) is 20.2 Å². The number of aromatic nitrogens is 4. The van der Waals surface area contributed by atoms with E-state index < -0.39 is 0 Å². The first-order chi connectivity index (χ1) is 6.68. The zero-order valence-electron chi connectivity index (χ0n) is 7.90. The van der Waals surface area contributed by atoms with Gasteiger partial charge in [-0.2, -0.15) is 4.68 Å². The summed E-state index contributed by atoms with van der Waals surface area (Å²) in [6.45, 7) is 3.91. The van der Waals surface area contributed by atoms with Crippen LogP contribution in [0.3, 0.4) is 0 Å². The normalized spacial score (nSPS) is 10.5. The summed E-state index contributed by atoms with van der Waals surface area (Å²) in [5, 5.41) is 11.4. The number of rotatable bonds is 1. The van der Waals surface area contributed by atoms with Crippen molar-refractivity contribution in [3.05, 3.63) is 34.1 Å². The Morgan fingerprint density at radius 3 is 2.64 bits per heavy atom. The van der Waals surface area contributed by atoms with Crippen molar-refractivity contribution in [3.8, 4) is 5.69 Å². The van der Waals surface area contributed by atoms with Gasteiger partial charge >= 0.3 is 0 Å². The maximum atomic E-state index is 3.92. The van der Waals surface area contributed by atoms with Gasteiger partial charge in [-0.1, -0.05) is 15.9 Å². The number of hydrogen-bond acceptors (Lipinski definition) is 3. The third kappa shape index (κ3) is 1.55. The molecule has 0 aliphatic rings. The molecule has 2 aromatic rings. The van der Waals surface area contributed by atoms with Gasteiger partial charge in [0.25, 0.3) is 0 Å². The van der Waals surface area contributed by atoms with Gasteiger partial charge in [-0.15, -0.1) is 5.10 Å². The average Bonchev–Trinajstić information content (AvgIpc) is 2.52. The summed E-state index contributed by atoms with van der Waals surface area (Å²) in [4.78, 5) is 0. The second-order valence-corrected chi connectivity index (χ2v) is 3.98. The SMILES string of the molecule is Cc1cc(Br)ccc1-n1nnnc1C. The topological polar surface area (TPSA) is 43.6 Å². The lowest BCUT2D eigenvalue weighted by Crippen LogP contribution is -2.01. The molecule has 0 saturated heterocycles. The molecular formula is C9H9BrN4. The first-order valence-corrected chi connectivity index (χ1v) is 4.99. The van der Waals surface area contributed by atoms with Crippen LogP contribution in [0.5, 0.6) is 0 Å². The maximum Gasteiger partial charge on any atom is 0.153 e. The molecule has 2 rings (SSSR count). The van der Waals surface area contributed by atoms with Crippen molar-refractivity contribution in [2.75, 3.05) is 0 Å². The van der Waals surface area contributed by atoms with Gasteiger partial charge in [0.05, 0.1) is 5.69 Å². The minimum atomic E-state index is 0.787. The van der Waals surface area contributed by atoms with Crippen LogP contribution in [-0.2, 0) is 0 Å². The lowest BCUT2D eigenvalue weighted by atomic mass is 10.2. The lowest BCUT2D eigenvalue weighted by Gasteiger charge is -2.05. The molecule has 0 saturated carbocycles. The van der Waals surface area contributed by atoms with Gasteiger partial charge < -0.3 is 0 Å². The monoisotopic (exact) mass is 252 g/mol. The highest BCUT2D eigenvalue weighted by Gasteiger charge is 2.06. The highest BCUT2D eigenvalue weighted by atomic mass is 79.9. The molecule has 4 nitrogen and oxygen atoms in total. The van der Waals surface area contributed by atoms with E-state index in [0.29, 0.717) is 0 Å². The smallest absolute Gasteiger partial charge is 0.153 e. The molecule has 5 heteroatoms. The average molecular weight is 253 g/mol. The summed E-state index contributed by atoms with van der Waals surface area (Å²) >= 11 is 3.42. The van der Waals surface area contributed by atoms with Crippen LogP contribution >= 0.6 is 15.9 Å². The largest absolute Gasteiger partial charge is 0.197 e. The van der Waals surface area contributed by atoms with Crippen LogP contribution in [0.25, 0.3) is 5.69 Å². The number of benzene rings is 1. The molecule has 0 fully saturated rings. The number of halogens is 1. The molecule has 0 bridgehead atoms. The van der Waals surface area contributed by atoms with Gasteiger partial charge in [0.15, 0.2) is 5.82 Å². The van der Waals surface area contributed by atoms with Gasteiger partial charge in [-0.05, 0) is 48.0 Å². The Balaban J connectivity index is 2.58. The van der Waals surface area contributed by atoms with Crippen LogP contribution in [0.4, 0.5) is 0 Å². The quantitative estimate of drug-likeness (QED) is 0.781. The Morgan fingerprint density at radius 1 is 1.29 bits per heavy atom. The molecule has 1 aromatic heterocycles. The van der Waals surface area contributed by atoms with Crippen molar-refractivity contribution in [1.82, 2.24) is 20.2 Å². The van der Waals surface area contributed by atoms with Crippen molar-refractivity contribution in [2.24, 2.45) is 0 Å². The van der Waals surface area contributed by atoms with E-state index in [-0.39, 0.29) is 0 Å². The van der Waals surface area contributed by atoms with Crippen LogP contribution in [0.1, 0.15) is 11.4 Å². The number of hydrogen-bond donors (Lipinski definition) is 0. The van der Waals surface area contributed by atoms with Gasteiger partial charge in [-0.3, -0.25) is 0 Å². The van der Waals surface area contributed by atoms with E-state index in [0.717, 1.165) is 21.5 Å². The maximum absolute atomic E-state index is 3.92. The Morgan fingerprint density at radius 2 is 2.07 bits per heavy atom. The van der Waals surface area contributed by atoms with Gasteiger partial charge in [0, 0.05) is 4.47 Å². The fourth-order valence-electron chi connectivity index (χ4n) is 1.31. The number of nitrogens with zero attached hydrogens (tertiary/aromatic N) is 4. The molecule has 1 heterocycles. The summed E-state index contributed by atoms with van der Waals surface area (Å²) < 4.78 is 2.78. The molecular weight excluding hydrogens is 244 g/mol. The van der Waals surface area contributed by atoms with Gasteiger partial charge in [0.2, 0.25) is 0 Å². The van der Waals surface area contributed by atoms with Crippen molar-refractivity contribution in [1.29, 1.82) is 0 Å². The van der Waals surface area contributed by atoms with E-state index in [2.05, 4.69) is 31.5 Å². The van der Waals surface area contributed by atoms with Crippen LogP contribution < -0.4 is 0 Å². The molecule has 14 heavy (non-hydrogen) atoms. The summed E-state index contributed by atoms with van der Waals surface area (Å²) in [7, 11) is 0. The van der Waals surface area contributed by atoms with Crippen molar-refractivity contribution >= 4 is 15.9 Å². The first kappa shape index (κ1) is 9.33. The minimum absolute atomic E-state index is 0.787. The molecule has 0 N–H and O–H groups in total. The summed E-state index contributed by atoms with van der Waals surface area (Å²) in [5.41, 5.74) is 2.14. The summed E-state index contributed by atoms with van der Waals surface area (Å²) in [6, 6.07) is 6.00. The molecule has 0 atom stereocenters. The van der Waals surface area contributed by atoms with Crippen LogP contribution in [0.15, 0.2) is 22.7 Å². The van der Waals surface area contributed by atoms with Crippen LogP contribution in [0.2, 0.25) is 0 Å². The van der Waals surface area contributed by atoms with Crippen LogP contribution in [0, 0.1) is 13.8 Å². The molecule has 0 spiro atoms. The lowest BCUT2D eigenvalue weighted by molar-refractivity contribution is 0.775. The second kappa shape index (κ2) is 3.49. The van der Waals surface area contributed by atoms with Gasteiger partial charge in [-0.25, -0.2) is 0 Å². The third-order valence-corrected chi connectivity index (χ3v) is 2.51. The Labute approximate surface area is 90.1 Å². The Kier molecular flexibility index (Phi) is 2.33. The molecule has 1 aromatic carbocycles. The second-order valence-electron chi connectivity index (χ2n) is 3.07. The van der Waals surface area contributed by atoms with Crippen molar-refractivity contribution in [3.63, 3.8) is 0 Å². The predicted octanol–water partition coefficient (Wildman–Crippen LogP) is 2.04. The number of tetrazole rings is 1.